The molecular weight excluding hydrogens is 194 g/mol. The third-order valence-electron chi connectivity index (χ3n) is 2.57. The van der Waals surface area contributed by atoms with Crippen LogP contribution in [0.4, 0.5) is 5.69 Å². The van der Waals surface area contributed by atoms with Crippen molar-refractivity contribution in [1.29, 1.82) is 0 Å². The molecule has 0 saturated heterocycles. The summed E-state index contributed by atoms with van der Waals surface area (Å²) in [7, 11) is 2.93. The van der Waals surface area contributed by atoms with Crippen LogP contribution in [0, 0.1) is 0 Å². The lowest BCUT2D eigenvalue weighted by Gasteiger charge is -2.10. The summed E-state index contributed by atoms with van der Waals surface area (Å²) in [6.07, 6.45) is 0.830. The third kappa shape index (κ3) is 1.52. The molecule has 1 aromatic rings. The van der Waals surface area contributed by atoms with E-state index in [1.165, 1.54) is 7.11 Å². The minimum Gasteiger partial charge on any atom is -0.496 e. The molecule has 2 rings (SSSR count). The van der Waals surface area contributed by atoms with E-state index in [1.54, 1.807) is 13.2 Å². The van der Waals surface area contributed by atoms with Crippen molar-refractivity contribution in [2.75, 3.05) is 26.1 Å². The zero-order valence-electron chi connectivity index (χ0n) is 8.79. The van der Waals surface area contributed by atoms with E-state index < -0.39 is 0 Å². The van der Waals surface area contributed by atoms with Crippen molar-refractivity contribution in [3.63, 3.8) is 0 Å². The van der Waals surface area contributed by atoms with Crippen LogP contribution in [0.3, 0.4) is 0 Å². The van der Waals surface area contributed by atoms with Crippen LogP contribution in [0.15, 0.2) is 12.1 Å². The van der Waals surface area contributed by atoms with Gasteiger partial charge in [0.05, 0.1) is 14.2 Å². The van der Waals surface area contributed by atoms with E-state index in [9.17, 15) is 4.79 Å². The fourth-order valence-electron chi connectivity index (χ4n) is 1.87. The molecule has 0 radical (unpaired) electrons. The number of hydrogen-bond donors (Lipinski definition) is 1. The molecule has 0 amide bonds. The SMILES string of the molecule is COC(=O)c1c(OC)ccc2c1CCN2. The van der Waals surface area contributed by atoms with Crippen molar-refractivity contribution >= 4 is 11.7 Å². The molecule has 0 unspecified atom stereocenters. The molecule has 4 heteroatoms. The van der Waals surface area contributed by atoms with Crippen LogP contribution in [0.1, 0.15) is 15.9 Å². The molecule has 15 heavy (non-hydrogen) atoms. The molecule has 0 aromatic heterocycles. The third-order valence-corrected chi connectivity index (χ3v) is 2.57. The van der Waals surface area contributed by atoms with Crippen LogP contribution in [0.25, 0.3) is 0 Å². The number of carbonyl (C=O) groups is 1. The summed E-state index contributed by atoms with van der Waals surface area (Å²) < 4.78 is 9.92. The molecular formula is C11H13NO3. The van der Waals surface area contributed by atoms with Crippen LogP contribution < -0.4 is 10.1 Å². The number of anilines is 1. The Morgan fingerprint density at radius 3 is 2.87 bits per heavy atom. The van der Waals surface area contributed by atoms with Gasteiger partial charge < -0.3 is 14.8 Å². The number of benzene rings is 1. The highest BCUT2D eigenvalue weighted by Crippen LogP contribution is 2.32. The number of carbonyl (C=O) groups excluding carboxylic acids is 1. The highest BCUT2D eigenvalue weighted by atomic mass is 16.5. The lowest BCUT2D eigenvalue weighted by atomic mass is 10.0. The Bertz CT molecular complexity index is 401. The number of methoxy groups -OCH3 is 2. The van der Waals surface area contributed by atoms with E-state index >= 15 is 0 Å². The van der Waals surface area contributed by atoms with Crippen LogP contribution in [-0.4, -0.2) is 26.7 Å². The number of esters is 1. The van der Waals surface area contributed by atoms with E-state index in [0.29, 0.717) is 11.3 Å². The maximum absolute atomic E-state index is 11.6. The maximum Gasteiger partial charge on any atom is 0.342 e. The Balaban J connectivity index is 2.57. The fraction of sp³-hybridized carbons (Fsp3) is 0.364. The first kappa shape index (κ1) is 9.83. The van der Waals surface area contributed by atoms with Crippen molar-refractivity contribution in [3.8, 4) is 5.75 Å². The predicted molar refractivity (Wildman–Crippen MR) is 56.5 cm³/mol. The van der Waals surface area contributed by atoms with E-state index in [0.717, 1.165) is 24.2 Å². The van der Waals surface area contributed by atoms with Crippen molar-refractivity contribution in [2.24, 2.45) is 0 Å². The summed E-state index contributed by atoms with van der Waals surface area (Å²) in [6, 6.07) is 3.71. The lowest BCUT2D eigenvalue weighted by Crippen LogP contribution is -2.07. The number of fused-ring (bicyclic) bond motifs is 1. The smallest absolute Gasteiger partial charge is 0.342 e. The molecule has 0 aliphatic carbocycles. The Morgan fingerprint density at radius 2 is 2.20 bits per heavy atom. The Kier molecular flexibility index (Phi) is 2.49. The maximum atomic E-state index is 11.6. The Labute approximate surface area is 88.2 Å². The summed E-state index contributed by atoms with van der Waals surface area (Å²) in [5.74, 6) is 0.233. The van der Waals surface area contributed by atoms with Crippen LogP contribution >= 0.6 is 0 Å². The summed E-state index contributed by atoms with van der Waals surface area (Å²) >= 11 is 0. The Morgan fingerprint density at radius 1 is 1.40 bits per heavy atom. The molecule has 1 N–H and O–H groups in total. The van der Waals surface area contributed by atoms with Gasteiger partial charge in [-0.3, -0.25) is 0 Å². The van der Waals surface area contributed by atoms with Gasteiger partial charge in [0.15, 0.2) is 0 Å². The molecule has 1 aromatic carbocycles. The van der Waals surface area contributed by atoms with E-state index in [-0.39, 0.29) is 5.97 Å². The van der Waals surface area contributed by atoms with Gasteiger partial charge in [-0.05, 0) is 24.1 Å². The second-order valence-corrected chi connectivity index (χ2v) is 3.34. The van der Waals surface area contributed by atoms with Crippen molar-refractivity contribution in [2.45, 2.75) is 6.42 Å². The predicted octanol–water partition coefficient (Wildman–Crippen LogP) is 1.45. The zero-order valence-corrected chi connectivity index (χ0v) is 8.79. The van der Waals surface area contributed by atoms with Gasteiger partial charge in [0, 0.05) is 12.2 Å². The molecule has 0 bridgehead atoms. The van der Waals surface area contributed by atoms with Crippen LogP contribution in [0.5, 0.6) is 5.75 Å². The monoisotopic (exact) mass is 207 g/mol. The van der Waals surface area contributed by atoms with Crippen molar-refractivity contribution in [3.05, 3.63) is 23.3 Å². The van der Waals surface area contributed by atoms with E-state index in [2.05, 4.69) is 5.32 Å². The van der Waals surface area contributed by atoms with Gasteiger partial charge >= 0.3 is 5.97 Å². The van der Waals surface area contributed by atoms with Gasteiger partial charge in [-0.15, -0.1) is 0 Å². The van der Waals surface area contributed by atoms with Crippen molar-refractivity contribution < 1.29 is 14.3 Å². The molecule has 0 saturated carbocycles. The normalized spacial score (nSPS) is 12.9. The summed E-state index contributed by atoms with van der Waals surface area (Å²) in [6.45, 7) is 0.854. The largest absolute Gasteiger partial charge is 0.496 e. The average Bonchev–Trinajstić information content (AvgIpc) is 2.74. The lowest BCUT2D eigenvalue weighted by molar-refractivity contribution is 0.0596. The molecule has 0 atom stereocenters. The zero-order chi connectivity index (χ0) is 10.8. The van der Waals surface area contributed by atoms with E-state index in [1.807, 2.05) is 6.07 Å². The first-order chi connectivity index (χ1) is 7.27. The number of rotatable bonds is 2. The highest BCUT2D eigenvalue weighted by Gasteiger charge is 2.23. The van der Waals surface area contributed by atoms with Crippen molar-refractivity contribution in [1.82, 2.24) is 0 Å². The van der Waals surface area contributed by atoms with Gasteiger partial charge in [-0.2, -0.15) is 0 Å². The molecule has 1 heterocycles. The second kappa shape index (κ2) is 3.81. The van der Waals surface area contributed by atoms with E-state index in [4.69, 9.17) is 9.47 Å². The average molecular weight is 207 g/mol. The van der Waals surface area contributed by atoms with Gasteiger partial charge in [0.25, 0.3) is 0 Å². The Hall–Kier alpha value is -1.71. The summed E-state index contributed by atoms with van der Waals surface area (Å²) in [5.41, 5.74) is 2.53. The quantitative estimate of drug-likeness (QED) is 0.746. The molecule has 0 spiro atoms. The van der Waals surface area contributed by atoms with Crippen LogP contribution in [-0.2, 0) is 11.2 Å². The molecule has 80 valence electrons. The van der Waals surface area contributed by atoms with Gasteiger partial charge in [0.2, 0.25) is 0 Å². The topological polar surface area (TPSA) is 47.6 Å². The fourth-order valence-corrected chi connectivity index (χ4v) is 1.87. The van der Waals surface area contributed by atoms with Gasteiger partial charge in [-0.1, -0.05) is 0 Å². The van der Waals surface area contributed by atoms with Gasteiger partial charge in [0.1, 0.15) is 11.3 Å². The minimum absolute atomic E-state index is 0.340. The number of hydrogen-bond acceptors (Lipinski definition) is 4. The minimum atomic E-state index is -0.340. The molecule has 4 nitrogen and oxygen atoms in total. The summed E-state index contributed by atoms with van der Waals surface area (Å²) in [4.78, 5) is 11.6. The second-order valence-electron chi connectivity index (χ2n) is 3.34. The first-order valence-electron chi connectivity index (χ1n) is 4.80. The first-order valence-corrected chi connectivity index (χ1v) is 4.80. The number of ether oxygens (including phenoxy) is 2. The molecule has 1 aliphatic rings. The standard InChI is InChI=1S/C11H13NO3/c1-14-9-4-3-8-7(5-6-12-8)10(9)11(13)15-2/h3-4,12H,5-6H2,1-2H3. The molecule has 0 fully saturated rings. The summed E-state index contributed by atoms with van der Waals surface area (Å²) in [5, 5.41) is 3.21. The number of nitrogens with one attached hydrogen (secondary N) is 1. The molecule has 1 aliphatic heterocycles. The highest BCUT2D eigenvalue weighted by molar-refractivity contribution is 5.96. The van der Waals surface area contributed by atoms with Gasteiger partial charge in [-0.25, -0.2) is 4.79 Å². The van der Waals surface area contributed by atoms with Crippen LogP contribution in [0.2, 0.25) is 0 Å².